The fraction of sp³-hybridized carbons (Fsp3) is 0.438. The van der Waals surface area contributed by atoms with Crippen molar-refractivity contribution < 1.29 is 9.53 Å². The van der Waals surface area contributed by atoms with E-state index in [1.54, 1.807) is 6.92 Å². The molecular formula is C16H21N3O3. The quantitative estimate of drug-likeness (QED) is 0.855. The normalized spacial score (nSPS) is 12.4. The maximum atomic E-state index is 11.8. The molecule has 0 aliphatic rings. The Morgan fingerprint density at radius 2 is 1.95 bits per heavy atom. The monoisotopic (exact) mass is 303 g/mol. The van der Waals surface area contributed by atoms with E-state index in [9.17, 15) is 9.59 Å². The van der Waals surface area contributed by atoms with Gasteiger partial charge in [0.1, 0.15) is 5.82 Å². The third-order valence-corrected chi connectivity index (χ3v) is 3.80. The Morgan fingerprint density at radius 3 is 2.41 bits per heavy atom. The number of aryl methyl sites for hydroxylation is 1. The number of hydrogen-bond donors (Lipinski definition) is 1. The molecule has 6 nitrogen and oxygen atoms in total. The van der Waals surface area contributed by atoms with E-state index < -0.39 is 0 Å². The smallest absolute Gasteiger partial charge is 0.347 e. The van der Waals surface area contributed by atoms with E-state index in [0.717, 1.165) is 11.3 Å². The number of ether oxygens (including phenoxy) is 1. The molecule has 1 atom stereocenters. The van der Waals surface area contributed by atoms with Crippen molar-refractivity contribution in [1.29, 1.82) is 0 Å². The van der Waals surface area contributed by atoms with Crippen LogP contribution in [0.2, 0.25) is 0 Å². The number of rotatable bonds is 5. The molecule has 118 valence electrons. The van der Waals surface area contributed by atoms with Crippen LogP contribution in [0.3, 0.4) is 0 Å². The van der Waals surface area contributed by atoms with Gasteiger partial charge in [-0.05, 0) is 37.0 Å². The molecule has 0 saturated heterocycles. The molecule has 1 unspecified atom stereocenters. The summed E-state index contributed by atoms with van der Waals surface area (Å²) in [6.45, 7) is 5.77. The highest BCUT2D eigenvalue weighted by atomic mass is 16.5. The van der Waals surface area contributed by atoms with Crippen molar-refractivity contribution in [2.75, 3.05) is 7.11 Å². The molecule has 0 saturated carbocycles. The van der Waals surface area contributed by atoms with Gasteiger partial charge in [-0.25, -0.2) is 14.5 Å². The SMILES string of the molecule is COC(=O)C(Cc1ccc(-n2c(C)n[nH]c2=O)cc1)C(C)C. The van der Waals surface area contributed by atoms with Gasteiger partial charge >= 0.3 is 11.7 Å². The molecular weight excluding hydrogens is 282 g/mol. The minimum absolute atomic E-state index is 0.172. The summed E-state index contributed by atoms with van der Waals surface area (Å²) in [6, 6.07) is 7.56. The molecule has 0 aliphatic carbocycles. The van der Waals surface area contributed by atoms with Gasteiger partial charge < -0.3 is 4.74 Å². The Hall–Kier alpha value is -2.37. The van der Waals surface area contributed by atoms with E-state index in [0.29, 0.717) is 12.2 Å². The average molecular weight is 303 g/mol. The first kappa shape index (κ1) is 16.0. The number of nitrogens with one attached hydrogen (secondary N) is 1. The number of aromatic amines is 1. The predicted octanol–water partition coefficient (Wildman–Crippen LogP) is 1.86. The summed E-state index contributed by atoms with van der Waals surface area (Å²) in [7, 11) is 1.41. The number of carbonyl (C=O) groups excluding carboxylic acids is 1. The van der Waals surface area contributed by atoms with Crippen molar-refractivity contribution in [2.24, 2.45) is 11.8 Å². The predicted molar refractivity (Wildman–Crippen MR) is 83.0 cm³/mol. The molecule has 0 aliphatic heterocycles. The second-order valence-electron chi connectivity index (χ2n) is 5.66. The van der Waals surface area contributed by atoms with E-state index >= 15 is 0 Å². The van der Waals surface area contributed by atoms with Gasteiger partial charge in [-0.1, -0.05) is 26.0 Å². The third-order valence-electron chi connectivity index (χ3n) is 3.80. The Kier molecular flexibility index (Phi) is 4.80. The molecule has 0 radical (unpaired) electrons. The maximum absolute atomic E-state index is 11.8. The maximum Gasteiger partial charge on any atom is 0.347 e. The standard InChI is InChI=1S/C16H21N3O3/c1-10(2)14(15(20)22-4)9-12-5-7-13(8-6-12)19-11(3)17-18-16(19)21/h5-8,10,14H,9H2,1-4H3,(H,18,21). The lowest BCUT2D eigenvalue weighted by atomic mass is 9.89. The number of benzene rings is 1. The Labute approximate surface area is 129 Å². The number of hydrogen-bond acceptors (Lipinski definition) is 4. The van der Waals surface area contributed by atoms with E-state index in [4.69, 9.17) is 4.74 Å². The number of H-pyrrole nitrogens is 1. The topological polar surface area (TPSA) is 77.0 Å². The number of aromatic nitrogens is 3. The minimum atomic E-state index is -0.264. The molecule has 2 rings (SSSR count). The van der Waals surface area contributed by atoms with Crippen LogP contribution in [0, 0.1) is 18.8 Å². The van der Waals surface area contributed by atoms with Gasteiger partial charge in [0.15, 0.2) is 0 Å². The Morgan fingerprint density at radius 1 is 1.32 bits per heavy atom. The average Bonchev–Trinajstić information content (AvgIpc) is 2.83. The zero-order valence-corrected chi connectivity index (χ0v) is 13.3. The van der Waals surface area contributed by atoms with Crippen molar-refractivity contribution >= 4 is 5.97 Å². The highest BCUT2D eigenvalue weighted by Crippen LogP contribution is 2.20. The molecule has 2 aromatic rings. The van der Waals surface area contributed by atoms with E-state index in [1.807, 2.05) is 38.1 Å². The molecule has 1 heterocycles. The first-order valence-corrected chi connectivity index (χ1v) is 7.25. The largest absolute Gasteiger partial charge is 0.469 e. The fourth-order valence-corrected chi connectivity index (χ4v) is 2.46. The minimum Gasteiger partial charge on any atom is -0.469 e. The summed E-state index contributed by atoms with van der Waals surface area (Å²) >= 11 is 0. The first-order valence-electron chi connectivity index (χ1n) is 7.25. The summed E-state index contributed by atoms with van der Waals surface area (Å²) in [5.41, 5.74) is 1.51. The lowest BCUT2D eigenvalue weighted by Gasteiger charge is -2.18. The highest BCUT2D eigenvalue weighted by molar-refractivity contribution is 5.73. The lowest BCUT2D eigenvalue weighted by Crippen LogP contribution is -2.24. The van der Waals surface area contributed by atoms with Gasteiger partial charge in [-0.2, -0.15) is 5.10 Å². The van der Waals surface area contributed by atoms with Crippen LogP contribution >= 0.6 is 0 Å². The van der Waals surface area contributed by atoms with Crippen LogP contribution in [0.15, 0.2) is 29.1 Å². The van der Waals surface area contributed by atoms with Crippen molar-refractivity contribution in [3.05, 3.63) is 46.1 Å². The van der Waals surface area contributed by atoms with Crippen LogP contribution in [0.5, 0.6) is 0 Å². The van der Waals surface area contributed by atoms with Crippen LogP contribution < -0.4 is 5.69 Å². The zero-order chi connectivity index (χ0) is 16.3. The Bertz CT molecular complexity index is 698. The van der Waals surface area contributed by atoms with Crippen molar-refractivity contribution in [1.82, 2.24) is 14.8 Å². The van der Waals surface area contributed by atoms with Gasteiger partial charge in [0.05, 0.1) is 18.7 Å². The van der Waals surface area contributed by atoms with Crippen LogP contribution in [-0.2, 0) is 16.0 Å². The molecule has 1 aromatic heterocycles. The molecule has 22 heavy (non-hydrogen) atoms. The molecule has 6 heteroatoms. The summed E-state index contributed by atoms with van der Waals surface area (Å²) in [5, 5.41) is 6.30. The van der Waals surface area contributed by atoms with Crippen LogP contribution in [0.4, 0.5) is 0 Å². The van der Waals surface area contributed by atoms with E-state index in [2.05, 4.69) is 10.2 Å². The van der Waals surface area contributed by atoms with Crippen LogP contribution in [-0.4, -0.2) is 27.8 Å². The van der Waals surface area contributed by atoms with Gasteiger partial charge in [-0.3, -0.25) is 4.79 Å². The second kappa shape index (κ2) is 6.60. The van der Waals surface area contributed by atoms with Crippen molar-refractivity contribution in [2.45, 2.75) is 27.2 Å². The van der Waals surface area contributed by atoms with Crippen LogP contribution in [0.1, 0.15) is 25.2 Å². The van der Waals surface area contributed by atoms with Crippen molar-refractivity contribution in [3.63, 3.8) is 0 Å². The second-order valence-corrected chi connectivity index (χ2v) is 5.66. The summed E-state index contributed by atoms with van der Waals surface area (Å²) < 4.78 is 6.37. The molecule has 0 bridgehead atoms. The van der Waals surface area contributed by atoms with Gasteiger partial charge in [-0.15, -0.1) is 0 Å². The fourth-order valence-electron chi connectivity index (χ4n) is 2.46. The number of esters is 1. The highest BCUT2D eigenvalue weighted by Gasteiger charge is 2.23. The lowest BCUT2D eigenvalue weighted by molar-refractivity contribution is -0.146. The third kappa shape index (κ3) is 3.27. The first-order chi connectivity index (χ1) is 10.4. The summed E-state index contributed by atoms with van der Waals surface area (Å²) in [5.74, 6) is 0.438. The van der Waals surface area contributed by atoms with Gasteiger partial charge in [0.2, 0.25) is 0 Å². The number of carbonyl (C=O) groups is 1. The summed E-state index contributed by atoms with van der Waals surface area (Å²) in [4.78, 5) is 23.5. The van der Waals surface area contributed by atoms with Crippen LogP contribution in [0.25, 0.3) is 5.69 Å². The number of methoxy groups -OCH3 is 1. The van der Waals surface area contributed by atoms with E-state index in [1.165, 1.54) is 11.7 Å². The molecule has 1 aromatic carbocycles. The van der Waals surface area contributed by atoms with E-state index in [-0.39, 0.29) is 23.5 Å². The molecule has 1 N–H and O–H groups in total. The Balaban J connectivity index is 2.22. The van der Waals surface area contributed by atoms with Gasteiger partial charge in [0.25, 0.3) is 0 Å². The summed E-state index contributed by atoms with van der Waals surface area (Å²) in [6.07, 6.45) is 0.615. The molecule has 0 spiro atoms. The zero-order valence-electron chi connectivity index (χ0n) is 13.3. The van der Waals surface area contributed by atoms with Gasteiger partial charge in [0, 0.05) is 0 Å². The van der Waals surface area contributed by atoms with Crippen molar-refractivity contribution in [3.8, 4) is 5.69 Å². The number of nitrogens with zero attached hydrogens (tertiary/aromatic N) is 2. The molecule has 0 amide bonds. The molecule has 0 fully saturated rings.